The van der Waals surface area contributed by atoms with Crippen molar-refractivity contribution in [2.45, 2.75) is 51.1 Å². The average molecular weight is 348 g/mol. The number of nitrogens with one attached hydrogen (secondary N) is 2. The van der Waals surface area contributed by atoms with Crippen LogP contribution in [-0.2, 0) is 4.74 Å². The lowest BCUT2D eigenvalue weighted by molar-refractivity contribution is 0.126. The number of rotatable bonds is 4. The Balaban J connectivity index is 1.65. The summed E-state index contributed by atoms with van der Waals surface area (Å²) in [6, 6.07) is 2.09. The Kier molecular flexibility index (Phi) is 5.44. The zero-order valence-electron chi connectivity index (χ0n) is 15.0. The number of piperidine rings is 1. The van der Waals surface area contributed by atoms with E-state index in [2.05, 4.69) is 27.4 Å². The van der Waals surface area contributed by atoms with E-state index in [1.54, 1.807) is 6.20 Å². The predicted molar refractivity (Wildman–Crippen MR) is 97.0 cm³/mol. The van der Waals surface area contributed by atoms with Crippen molar-refractivity contribution in [1.29, 1.82) is 0 Å². The van der Waals surface area contributed by atoms with Crippen LogP contribution in [0.15, 0.2) is 12.3 Å². The lowest BCUT2D eigenvalue weighted by atomic mass is 10.0. The lowest BCUT2D eigenvalue weighted by Gasteiger charge is -2.35. The molecular formula is C18H28N4O3. The maximum Gasteiger partial charge on any atom is 0.319 e. The van der Waals surface area contributed by atoms with Crippen molar-refractivity contribution in [3.63, 3.8) is 0 Å². The highest BCUT2D eigenvalue weighted by atomic mass is 16.5. The maximum atomic E-state index is 12.3. The molecule has 0 spiro atoms. The van der Waals surface area contributed by atoms with E-state index in [9.17, 15) is 9.90 Å². The van der Waals surface area contributed by atoms with Crippen molar-refractivity contribution < 1.29 is 14.6 Å². The second-order valence-electron chi connectivity index (χ2n) is 7.22. The van der Waals surface area contributed by atoms with Crippen molar-refractivity contribution in [2.24, 2.45) is 0 Å². The summed E-state index contributed by atoms with van der Waals surface area (Å²) in [5.41, 5.74) is 1.01. The molecule has 2 saturated heterocycles. The molecule has 25 heavy (non-hydrogen) atoms. The average Bonchev–Trinajstić information content (AvgIpc) is 3.05. The summed E-state index contributed by atoms with van der Waals surface area (Å²) in [5, 5.41) is 15.2. The molecule has 7 heteroatoms. The number of aliphatic hydroxyl groups excluding tert-OH is 1. The molecule has 7 nitrogen and oxygen atoms in total. The van der Waals surface area contributed by atoms with Gasteiger partial charge in [0.2, 0.25) is 0 Å². The first-order chi connectivity index (χ1) is 12.0. The van der Waals surface area contributed by atoms with Gasteiger partial charge in [0.25, 0.3) is 0 Å². The van der Waals surface area contributed by atoms with E-state index in [1.165, 1.54) is 19.3 Å². The van der Waals surface area contributed by atoms with E-state index in [0.29, 0.717) is 31.4 Å². The Bertz CT molecular complexity index is 616. The minimum absolute atomic E-state index is 0.135. The fraction of sp³-hybridized carbons (Fsp3) is 0.667. The molecule has 3 heterocycles. The summed E-state index contributed by atoms with van der Waals surface area (Å²) in [5.74, 6) is 0.995. The molecule has 0 aromatic carbocycles. The number of aryl methyl sites for hydroxylation is 1. The van der Waals surface area contributed by atoms with Crippen LogP contribution in [0.2, 0.25) is 0 Å². The number of aromatic nitrogens is 1. The molecule has 0 radical (unpaired) electrons. The Morgan fingerprint density at radius 2 is 2.36 bits per heavy atom. The van der Waals surface area contributed by atoms with Crippen molar-refractivity contribution in [3.05, 3.63) is 17.8 Å². The van der Waals surface area contributed by atoms with Gasteiger partial charge in [-0.1, -0.05) is 0 Å². The molecule has 2 fully saturated rings. The number of anilines is 2. The number of amides is 2. The van der Waals surface area contributed by atoms with Gasteiger partial charge in [0.15, 0.2) is 0 Å². The Morgan fingerprint density at radius 3 is 3.00 bits per heavy atom. The van der Waals surface area contributed by atoms with Crippen LogP contribution in [0.5, 0.6) is 0 Å². The van der Waals surface area contributed by atoms with Gasteiger partial charge in [0.05, 0.1) is 30.6 Å². The first-order valence-electron chi connectivity index (χ1n) is 9.04. The van der Waals surface area contributed by atoms with Crippen molar-refractivity contribution in [1.82, 2.24) is 10.3 Å². The summed E-state index contributed by atoms with van der Waals surface area (Å²) in [6.45, 7) is 6.03. The van der Waals surface area contributed by atoms with Gasteiger partial charge in [-0.3, -0.25) is 0 Å². The molecule has 1 aromatic heterocycles. The lowest BCUT2D eigenvalue weighted by Crippen LogP contribution is -2.53. The molecule has 3 rings (SSSR count). The number of hydrogen-bond acceptors (Lipinski definition) is 5. The van der Waals surface area contributed by atoms with Crippen LogP contribution < -0.4 is 15.5 Å². The topological polar surface area (TPSA) is 86.7 Å². The summed E-state index contributed by atoms with van der Waals surface area (Å²) in [6.07, 6.45) is 5.96. The number of carbonyl (C=O) groups is 1. The van der Waals surface area contributed by atoms with Gasteiger partial charge >= 0.3 is 6.03 Å². The van der Waals surface area contributed by atoms with E-state index in [4.69, 9.17) is 4.74 Å². The van der Waals surface area contributed by atoms with Gasteiger partial charge < -0.3 is 25.4 Å². The van der Waals surface area contributed by atoms with Crippen molar-refractivity contribution in [3.8, 4) is 0 Å². The number of nitrogens with zero attached hydrogens (tertiary/aromatic N) is 2. The first-order valence-corrected chi connectivity index (χ1v) is 9.04. The Morgan fingerprint density at radius 1 is 1.52 bits per heavy atom. The molecule has 2 atom stereocenters. The van der Waals surface area contributed by atoms with E-state index in [1.807, 2.05) is 13.0 Å². The van der Waals surface area contributed by atoms with E-state index in [-0.39, 0.29) is 12.6 Å². The number of urea groups is 1. The molecule has 0 aliphatic carbocycles. The van der Waals surface area contributed by atoms with Crippen molar-refractivity contribution in [2.75, 3.05) is 36.6 Å². The third kappa shape index (κ3) is 4.04. The molecule has 1 aromatic rings. The van der Waals surface area contributed by atoms with Gasteiger partial charge in [0, 0.05) is 19.2 Å². The van der Waals surface area contributed by atoms with Crippen LogP contribution in [0.1, 0.15) is 38.2 Å². The molecule has 0 bridgehead atoms. The van der Waals surface area contributed by atoms with Crippen LogP contribution in [0.3, 0.4) is 0 Å². The van der Waals surface area contributed by atoms with Gasteiger partial charge in [-0.15, -0.1) is 0 Å². The molecule has 2 aliphatic rings. The number of hydrogen-bond donors (Lipinski definition) is 3. The molecule has 138 valence electrons. The van der Waals surface area contributed by atoms with E-state index in [0.717, 1.165) is 17.9 Å². The third-order valence-corrected chi connectivity index (χ3v) is 5.17. The summed E-state index contributed by atoms with van der Waals surface area (Å²) in [7, 11) is 0. The van der Waals surface area contributed by atoms with Crippen LogP contribution in [0.25, 0.3) is 0 Å². The number of pyridine rings is 1. The third-order valence-electron chi connectivity index (χ3n) is 5.17. The number of ether oxygens (including phenoxy) is 1. The fourth-order valence-electron chi connectivity index (χ4n) is 3.62. The minimum Gasteiger partial charge on any atom is -0.394 e. The molecule has 0 unspecified atom stereocenters. The normalized spacial score (nSPS) is 26.5. The van der Waals surface area contributed by atoms with Crippen LogP contribution in [0.4, 0.5) is 16.3 Å². The van der Waals surface area contributed by atoms with Crippen LogP contribution in [0, 0.1) is 6.92 Å². The highest BCUT2D eigenvalue weighted by molar-refractivity contribution is 5.90. The molecule has 2 aliphatic heterocycles. The van der Waals surface area contributed by atoms with Crippen LogP contribution >= 0.6 is 0 Å². The highest BCUT2D eigenvalue weighted by Crippen LogP contribution is 2.27. The van der Waals surface area contributed by atoms with Gasteiger partial charge in [-0.05, 0) is 51.2 Å². The minimum atomic E-state index is -0.685. The standard InChI is InChI=1S/C18H28N4O3/c1-13-9-15(10-19-16(13)22-7-4-3-5-14(22)2)20-17(24)21-18(11-23)6-8-25-12-18/h9-10,14,23H,3-8,11-12H2,1-2H3,(H2,20,21,24)/t14-,18-/m1/s1. The molecular weight excluding hydrogens is 320 g/mol. The smallest absolute Gasteiger partial charge is 0.319 e. The number of carbonyl (C=O) groups excluding carboxylic acids is 1. The monoisotopic (exact) mass is 348 g/mol. The molecule has 0 saturated carbocycles. The maximum absolute atomic E-state index is 12.3. The van der Waals surface area contributed by atoms with Gasteiger partial charge in [-0.2, -0.15) is 0 Å². The van der Waals surface area contributed by atoms with E-state index >= 15 is 0 Å². The van der Waals surface area contributed by atoms with Gasteiger partial charge in [-0.25, -0.2) is 9.78 Å². The zero-order valence-corrected chi connectivity index (χ0v) is 15.0. The quantitative estimate of drug-likeness (QED) is 0.775. The molecule has 2 amide bonds. The zero-order chi connectivity index (χ0) is 17.9. The predicted octanol–water partition coefficient (Wildman–Crippen LogP) is 2.04. The largest absolute Gasteiger partial charge is 0.394 e. The summed E-state index contributed by atoms with van der Waals surface area (Å²) in [4.78, 5) is 19.2. The number of aliphatic hydroxyl groups is 1. The van der Waals surface area contributed by atoms with E-state index < -0.39 is 5.54 Å². The second-order valence-corrected chi connectivity index (χ2v) is 7.22. The van der Waals surface area contributed by atoms with Crippen LogP contribution in [-0.4, -0.2) is 54.1 Å². The highest BCUT2D eigenvalue weighted by Gasteiger charge is 2.35. The SMILES string of the molecule is Cc1cc(NC(=O)N[C@@]2(CO)CCOC2)cnc1N1CCCC[C@H]1C. The Labute approximate surface area is 148 Å². The Hall–Kier alpha value is -1.86. The molecule has 3 N–H and O–H groups in total. The summed E-state index contributed by atoms with van der Waals surface area (Å²) >= 11 is 0. The van der Waals surface area contributed by atoms with Crippen molar-refractivity contribution >= 4 is 17.5 Å². The fourth-order valence-corrected chi connectivity index (χ4v) is 3.62. The first kappa shape index (κ1) is 17.9. The second kappa shape index (κ2) is 7.58. The summed E-state index contributed by atoms with van der Waals surface area (Å²) < 4.78 is 5.29. The van der Waals surface area contributed by atoms with Gasteiger partial charge in [0.1, 0.15) is 5.82 Å².